The van der Waals surface area contributed by atoms with E-state index in [4.69, 9.17) is 10.5 Å². The van der Waals surface area contributed by atoms with E-state index in [1.54, 1.807) is 6.92 Å². The Labute approximate surface area is 152 Å². The van der Waals surface area contributed by atoms with E-state index in [-0.39, 0.29) is 11.0 Å². The summed E-state index contributed by atoms with van der Waals surface area (Å²) < 4.78 is 7.53. The number of nitrogens with two attached hydrogens (primary N) is 1. The lowest BCUT2D eigenvalue weighted by Gasteiger charge is -2.38. The summed E-state index contributed by atoms with van der Waals surface area (Å²) in [5, 5.41) is 1.51. The van der Waals surface area contributed by atoms with Gasteiger partial charge in [-0.05, 0) is 42.6 Å². The maximum absolute atomic E-state index is 11.8. The fourth-order valence-electron chi connectivity index (χ4n) is 2.95. The van der Waals surface area contributed by atoms with Gasteiger partial charge in [-0.1, -0.05) is 52.1 Å². The smallest absolute Gasteiger partial charge is 0.322 e. The second kappa shape index (κ2) is 7.34. The summed E-state index contributed by atoms with van der Waals surface area (Å²) in [7, 11) is -1.72. The third-order valence-corrected chi connectivity index (χ3v) is 10.8. The van der Waals surface area contributed by atoms with Crippen LogP contribution in [0.4, 0.5) is 0 Å². The topological polar surface area (TPSA) is 57.2 Å². The lowest BCUT2D eigenvalue weighted by atomic mass is 10.1. The highest BCUT2D eigenvalue weighted by atomic mass is 28.3. The molecular weight excluding hydrogens is 328 g/mol. The molecule has 0 aliphatic heterocycles. The molecule has 0 bridgehead atoms. The Balaban J connectivity index is 2.35. The van der Waals surface area contributed by atoms with Gasteiger partial charge in [0.2, 0.25) is 0 Å². The van der Waals surface area contributed by atoms with Gasteiger partial charge >= 0.3 is 5.97 Å². The second-order valence-corrected chi connectivity index (χ2v) is 13.3. The number of carbonyl (C=O) groups is 1. The van der Waals surface area contributed by atoms with Crippen LogP contribution in [0.3, 0.4) is 0 Å². The molecule has 0 saturated carbocycles. The summed E-state index contributed by atoms with van der Waals surface area (Å²) in [5.74, 6) is -0.310. The lowest BCUT2D eigenvalue weighted by Crippen LogP contribution is -2.44. The molecule has 0 aliphatic rings. The van der Waals surface area contributed by atoms with E-state index in [1.165, 1.54) is 16.5 Å². The predicted molar refractivity (Wildman–Crippen MR) is 107 cm³/mol. The van der Waals surface area contributed by atoms with Crippen LogP contribution in [0, 0.1) is 0 Å². The molecule has 25 heavy (non-hydrogen) atoms. The zero-order valence-corrected chi connectivity index (χ0v) is 17.4. The van der Waals surface area contributed by atoms with Crippen molar-refractivity contribution in [3.8, 4) is 0 Å². The first-order chi connectivity index (χ1) is 11.6. The van der Waals surface area contributed by atoms with Crippen LogP contribution < -0.4 is 5.73 Å². The average Bonchev–Trinajstić information content (AvgIpc) is 2.91. The Morgan fingerprint density at radius 1 is 1.28 bits per heavy atom. The summed E-state index contributed by atoms with van der Waals surface area (Å²) in [6.45, 7) is 14.0. The van der Waals surface area contributed by atoms with Crippen LogP contribution >= 0.6 is 0 Å². The maximum atomic E-state index is 11.8. The van der Waals surface area contributed by atoms with Gasteiger partial charge in [0.1, 0.15) is 6.04 Å². The molecule has 0 aliphatic carbocycles. The number of hydrogen-bond donors (Lipinski definition) is 1. The fourth-order valence-corrected chi connectivity index (χ4v) is 4.95. The van der Waals surface area contributed by atoms with Crippen LogP contribution in [0.5, 0.6) is 0 Å². The van der Waals surface area contributed by atoms with Crippen molar-refractivity contribution in [2.45, 2.75) is 64.7 Å². The normalized spacial score (nSPS) is 13.9. The lowest BCUT2D eigenvalue weighted by molar-refractivity contribution is -0.144. The van der Waals surface area contributed by atoms with Gasteiger partial charge in [-0.3, -0.25) is 4.79 Å². The number of nitrogens with zero attached hydrogens (tertiary/aromatic N) is 1. The Kier molecular flexibility index (Phi) is 5.79. The van der Waals surface area contributed by atoms with Crippen molar-refractivity contribution >= 4 is 25.1 Å². The molecule has 0 unspecified atom stereocenters. The average molecular weight is 361 g/mol. The summed E-state index contributed by atoms with van der Waals surface area (Å²) in [6.07, 6.45) is 3.67. The molecule has 0 spiro atoms. The quantitative estimate of drug-likeness (QED) is 0.616. The Morgan fingerprint density at radius 3 is 2.52 bits per heavy atom. The summed E-state index contributed by atoms with van der Waals surface area (Å²) in [4.78, 5) is 11.8. The largest absolute Gasteiger partial charge is 0.465 e. The van der Waals surface area contributed by atoms with Crippen LogP contribution in [-0.4, -0.2) is 31.1 Å². The molecule has 2 rings (SSSR count). The minimum Gasteiger partial charge on any atom is -0.465 e. The van der Waals surface area contributed by atoms with E-state index in [1.807, 2.05) is 0 Å². The minimum atomic E-state index is -1.72. The van der Waals surface area contributed by atoms with E-state index < -0.39 is 14.3 Å². The molecule has 4 nitrogen and oxygen atoms in total. The van der Waals surface area contributed by atoms with Gasteiger partial charge in [0.15, 0.2) is 8.24 Å². The fraction of sp³-hybridized carbons (Fsp3) is 0.550. The first-order valence-corrected chi connectivity index (χ1v) is 12.1. The minimum absolute atomic E-state index is 0.243. The number of hydrogen-bond acceptors (Lipinski definition) is 3. The van der Waals surface area contributed by atoms with Gasteiger partial charge in [-0.2, -0.15) is 0 Å². The summed E-state index contributed by atoms with van der Waals surface area (Å²) >= 11 is 0. The zero-order chi connectivity index (χ0) is 18.8. The monoisotopic (exact) mass is 360 g/mol. The molecule has 1 aromatic heterocycles. The molecular formula is C20H32N2O2Si. The Morgan fingerprint density at radius 2 is 1.92 bits per heavy atom. The number of aryl methyl sites for hydroxylation is 1. The highest BCUT2D eigenvalue weighted by molar-refractivity contribution is 6.79. The molecule has 1 aromatic carbocycles. The van der Waals surface area contributed by atoms with Crippen molar-refractivity contribution in [1.29, 1.82) is 0 Å². The molecule has 138 valence electrons. The van der Waals surface area contributed by atoms with E-state index >= 15 is 0 Å². The molecule has 0 fully saturated rings. The van der Waals surface area contributed by atoms with E-state index in [0.717, 1.165) is 6.42 Å². The number of aromatic nitrogens is 1. The van der Waals surface area contributed by atoms with Crippen molar-refractivity contribution in [3.63, 3.8) is 0 Å². The molecule has 0 amide bonds. The van der Waals surface area contributed by atoms with Crippen molar-refractivity contribution in [2.24, 2.45) is 5.73 Å². The van der Waals surface area contributed by atoms with Crippen LogP contribution in [0.2, 0.25) is 18.1 Å². The van der Waals surface area contributed by atoms with Crippen LogP contribution in [0.15, 0.2) is 30.5 Å². The van der Waals surface area contributed by atoms with Crippen LogP contribution in [0.1, 0.15) is 39.7 Å². The summed E-state index contributed by atoms with van der Waals surface area (Å²) in [5.41, 5.74) is 8.53. The van der Waals surface area contributed by atoms with E-state index in [2.05, 4.69) is 68.6 Å². The van der Waals surface area contributed by atoms with Gasteiger partial charge in [-0.15, -0.1) is 0 Å². The van der Waals surface area contributed by atoms with Gasteiger partial charge in [0, 0.05) is 10.9 Å². The third kappa shape index (κ3) is 3.98. The Bertz CT molecular complexity index is 744. The van der Waals surface area contributed by atoms with E-state index in [0.29, 0.717) is 13.0 Å². The highest BCUT2D eigenvalue weighted by Crippen LogP contribution is 2.39. The van der Waals surface area contributed by atoms with Crippen LogP contribution in [-0.2, 0) is 16.0 Å². The van der Waals surface area contributed by atoms with Crippen LogP contribution in [0.25, 0.3) is 10.9 Å². The molecule has 1 atom stereocenters. The van der Waals surface area contributed by atoms with Gasteiger partial charge in [0.25, 0.3) is 0 Å². The number of fused-ring (bicyclic) bond motifs is 1. The zero-order valence-electron chi connectivity index (χ0n) is 16.4. The number of para-hydroxylation sites is 1. The molecule has 2 aromatic rings. The van der Waals surface area contributed by atoms with Gasteiger partial charge in [-0.25, -0.2) is 0 Å². The summed E-state index contributed by atoms with van der Waals surface area (Å²) in [6, 6.07) is 7.98. The third-order valence-electron chi connectivity index (χ3n) is 5.55. The number of ether oxygens (including phenoxy) is 1. The predicted octanol–water partition coefficient (Wildman–Crippen LogP) is 4.32. The number of esters is 1. The number of benzene rings is 1. The van der Waals surface area contributed by atoms with Crippen molar-refractivity contribution in [1.82, 2.24) is 4.23 Å². The first-order valence-electron chi connectivity index (χ1n) is 9.11. The van der Waals surface area contributed by atoms with Gasteiger partial charge < -0.3 is 14.7 Å². The second-order valence-electron chi connectivity index (χ2n) is 8.25. The van der Waals surface area contributed by atoms with E-state index in [9.17, 15) is 4.79 Å². The molecule has 2 N–H and O–H groups in total. The molecule has 0 radical (unpaired) electrons. The molecule has 0 saturated heterocycles. The SMILES string of the molecule is CCOC(=O)[C@@H](N)CCc1cn([Si](C)(C)C(C)(C)C)c2ccccc12. The number of rotatable bonds is 6. The maximum Gasteiger partial charge on any atom is 0.322 e. The van der Waals surface area contributed by atoms with Crippen molar-refractivity contribution < 1.29 is 9.53 Å². The van der Waals surface area contributed by atoms with Crippen molar-refractivity contribution in [2.75, 3.05) is 6.61 Å². The molecule has 5 heteroatoms. The van der Waals surface area contributed by atoms with Gasteiger partial charge in [0.05, 0.1) is 6.61 Å². The van der Waals surface area contributed by atoms with Crippen molar-refractivity contribution in [3.05, 3.63) is 36.0 Å². The molecule has 1 heterocycles. The first kappa shape index (κ1) is 19.7. The highest BCUT2D eigenvalue weighted by Gasteiger charge is 2.38. The Hall–Kier alpha value is -1.59. The standard InChI is InChI=1S/C20H32N2O2Si/c1-7-24-19(23)17(21)13-12-15-14-22(25(5,6)20(2,3)4)18-11-9-8-10-16(15)18/h8-11,14,17H,7,12-13,21H2,1-6H3/t17-/m0/s1. The number of carbonyl (C=O) groups excluding carboxylic acids is 1.